The topological polar surface area (TPSA) is 55.2 Å². The summed E-state index contributed by atoms with van der Waals surface area (Å²) in [5, 5.41) is 4.99. The van der Waals surface area contributed by atoms with E-state index in [1.807, 2.05) is 48.9 Å². The number of nitrogens with zero attached hydrogens (tertiary/aromatic N) is 3. The highest BCUT2D eigenvalue weighted by Gasteiger charge is 2.25. The number of sulfonamides is 1. The summed E-state index contributed by atoms with van der Waals surface area (Å²) in [5.41, 5.74) is 4.23. The predicted molar refractivity (Wildman–Crippen MR) is 108 cm³/mol. The Morgan fingerprint density at radius 1 is 1.07 bits per heavy atom. The molecule has 0 spiro atoms. The molecule has 142 valence electrons. The van der Waals surface area contributed by atoms with Crippen LogP contribution in [0.5, 0.6) is 0 Å². The van der Waals surface area contributed by atoms with Crippen LogP contribution in [0.25, 0.3) is 5.69 Å². The molecule has 0 fully saturated rings. The maximum Gasteiger partial charge on any atom is 0.243 e. The van der Waals surface area contributed by atoms with E-state index in [0.717, 1.165) is 22.6 Å². The second-order valence-corrected chi connectivity index (χ2v) is 9.02. The van der Waals surface area contributed by atoms with E-state index in [1.165, 1.54) is 10.4 Å². The van der Waals surface area contributed by atoms with Gasteiger partial charge in [-0.2, -0.15) is 9.40 Å². The summed E-state index contributed by atoms with van der Waals surface area (Å²) < 4.78 is 29.3. The SMILES string of the molecule is Cc1ccc(Cl)cc1S(=O)(=O)N(C)Cc1c(C)nn(-c2ccccc2)c1C. The third-order valence-electron chi connectivity index (χ3n) is 4.66. The number of halogens is 1. The van der Waals surface area contributed by atoms with Gasteiger partial charge in [0.1, 0.15) is 0 Å². The Labute approximate surface area is 165 Å². The zero-order valence-electron chi connectivity index (χ0n) is 15.8. The lowest BCUT2D eigenvalue weighted by Gasteiger charge is -2.19. The Morgan fingerprint density at radius 3 is 2.41 bits per heavy atom. The summed E-state index contributed by atoms with van der Waals surface area (Å²) in [6.07, 6.45) is 0. The van der Waals surface area contributed by atoms with Crippen molar-refractivity contribution in [2.75, 3.05) is 7.05 Å². The van der Waals surface area contributed by atoms with Gasteiger partial charge in [0, 0.05) is 29.9 Å². The normalized spacial score (nSPS) is 11.9. The second-order valence-electron chi connectivity index (χ2n) is 6.57. The molecule has 0 N–H and O–H groups in total. The molecule has 7 heteroatoms. The number of aryl methyl sites for hydroxylation is 2. The van der Waals surface area contributed by atoms with E-state index in [9.17, 15) is 8.42 Å². The highest BCUT2D eigenvalue weighted by Crippen LogP contribution is 2.26. The molecule has 27 heavy (non-hydrogen) atoms. The number of benzene rings is 2. The van der Waals surface area contributed by atoms with Gasteiger partial charge in [-0.3, -0.25) is 0 Å². The average Bonchev–Trinajstić information content (AvgIpc) is 2.92. The molecule has 1 heterocycles. The monoisotopic (exact) mass is 403 g/mol. The largest absolute Gasteiger partial charge is 0.243 e. The van der Waals surface area contributed by atoms with Crippen LogP contribution in [0.2, 0.25) is 5.02 Å². The van der Waals surface area contributed by atoms with E-state index in [4.69, 9.17) is 11.6 Å². The van der Waals surface area contributed by atoms with Gasteiger partial charge in [-0.15, -0.1) is 0 Å². The first-order valence-electron chi connectivity index (χ1n) is 8.55. The third-order valence-corrected chi connectivity index (χ3v) is 6.84. The molecule has 1 aromatic heterocycles. The lowest BCUT2D eigenvalue weighted by molar-refractivity contribution is 0.464. The Bertz CT molecular complexity index is 1080. The van der Waals surface area contributed by atoms with Crippen molar-refractivity contribution in [2.24, 2.45) is 0 Å². The third kappa shape index (κ3) is 3.78. The maximum absolute atomic E-state index is 13.0. The Balaban J connectivity index is 1.96. The molecule has 0 saturated carbocycles. The Hall–Kier alpha value is -2.15. The number of para-hydroxylation sites is 1. The van der Waals surface area contributed by atoms with Crippen molar-refractivity contribution < 1.29 is 8.42 Å². The van der Waals surface area contributed by atoms with E-state index in [-0.39, 0.29) is 11.4 Å². The van der Waals surface area contributed by atoms with Crippen molar-refractivity contribution in [1.82, 2.24) is 14.1 Å². The maximum atomic E-state index is 13.0. The van der Waals surface area contributed by atoms with Crippen LogP contribution in [0.4, 0.5) is 0 Å². The number of rotatable bonds is 5. The highest BCUT2D eigenvalue weighted by molar-refractivity contribution is 7.89. The van der Waals surface area contributed by atoms with Gasteiger partial charge in [0.25, 0.3) is 0 Å². The lowest BCUT2D eigenvalue weighted by atomic mass is 10.2. The van der Waals surface area contributed by atoms with Crippen molar-refractivity contribution in [1.29, 1.82) is 0 Å². The summed E-state index contributed by atoms with van der Waals surface area (Å²) >= 11 is 6.01. The van der Waals surface area contributed by atoms with Gasteiger partial charge in [0.05, 0.1) is 16.3 Å². The molecule has 0 aliphatic heterocycles. The molecule has 0 saturated heterocycles. The van der Waals surface area contributed by atoms with Crippen molar-refractivity contribution in [3.8, 4) is 5.69 Å². The Morgan fingerprint density at radius 2 is 1.74 bits per heavy atom. The van der Waals surface area contributed by atoms with Crippen LogP contribution in [0.3, 0.4) is 0 Å². The summed E-state index contributed by atoms with van der Waals surface area (Å²) in [6.45, 7) is 5.85. The molecule has 3 rings (SSSR count). The van der Waals surface area contributed by atoms with Crippen LogP contribution >= 0.6 is 11.6 Å². The van der Waals surface area contributed by atoms with Crippen molar-refractivity contribution in [2.45, 2.75) is 32.2 Å². The van der Waals surface area contributed by atoms with Gasteiger partial charge in [-0.25, -0.2) is 13.1 Å². The second kappa shape index (κ2) is 7.46. The van der Waals surface area contributed by atoms with Crippen LogP contribution in [-0.2, 0) is 16.6 Å². The van der Waals surface area contributed by atoms with Gasteiger partial charge in [-0.1, -0.05) is 35.9 Å². The van der Waals surface area contributed by atoms with Gasteiger partial charge in [-0.05, 0) is 50.6 Å². The van der Waals surface area contributed by atoms with Gasteiger partial charge in [0.2, 0.25) is 10.0 Å². The van der Waals surface area contributed by atoms with E-state index in [2.05, 4.69) is 5.10 Å². The first kappa shape index (κ1) is 19.6. The van der Waals surface area contributed by atoms with Crippen molar-refractivity contribution in [3.05, 3.63) is 76.1 Å². The summed E-state index contributed by atoms with van der Waals surface area (Å²) in [4.78, 5) is 0.225. The summed E-state index contributed by atoms with van der Waals surface area (Å²) in [6, 6.07) is 14.7. The quantitative estimate of drug-likeness (QED) is 0.639. The molecule has 0 bridgehead atoms. The fraction of sp³-hybridized carbons (Fsp3) is 0.250. The molecular formula is C20H22ClN3O2S. The molecule has 5 nitrogen and oxygen atoms in total. The zero-order valence-corrected chi connectivity index (χ0v) is 17.3. The first-order valence-corrected chi connectivity index (χ1v) is 10.4. The molecule has 0 radical (unpaired) electrons. The minimum absolute atomic E-state index is 0.225. The molecule has 0 amide bonds. The van der Waals surface area contributed by atoms with Crippen LogP contribution in [0, 0.1) is 20.8 Å². The van der Waals surface area contributed by atoms with Crippen LogP contribution < -0.4 is 0 Å². The van der Waals surface area contributed by atoms with Crippen LogP contribution in [0.15, 0.2) is 53.4 Å². The van der Waals surface area contributed by atoms with E-state index >= 15 is 0 Å². The molecule has 3 aromatic rings. The highest BCUT2D eigenvalue weighted by atomic mass is 35.5. The first-order chi connectivity index (χ1) is 12.7. The van der Waals surface area contributed by atoms with Gasteiger partial charge < -0.3 is 0 Å². The van der Waals surface area contributed by atoms with Crippen molar-refractivity contribution in [3.63, 3.8) is 0 Å². The van der Waals surface area contributed by atoms with Crippen molar-refractivity contribution >= 4 is 21.6 Å². The predicted octanol–water partition coefficient (Wildman–Crippen LogP) is 4.27. The zero-order chi connectivity index (χ0) is 19.8. The molecule has 0 unspecified atom stereocenters. The standard InChI is InChI=1S/C20H22ClN3O2S/c1-14-10-11-17(21)12-20(14)27(25,26)23(4)13-19-15(2)22-24(16(19)3)18-8-6-5-7-9-18/h5-12H,13H2,1-4H3. The number of aromatic nitrogens is 2. The molecule has 0 atom stereocenters. The number of hydrogen-bond acceptors (Lipinski definition) is 3. The summed E-state index contributed by atoms with van der Waals surface area (Å²) in [7, 11) is -2.09. The van der Waals surface area contributed by atoms with Crippen LogP contribution in [0.1, 0.15) is 22.5 Å². The Kier molecular flexibility index (Phi) is 5.42. The van der Waals surface area contributed by atoms with E-state index in [1.54, 1.807) is 26.1 Å². The molecular weight excluding hydrogens is 382 g/mol. The summed E-state index contributed by atoms with van der Waals surface area (Å²) in [5.74, 6) is 0. The lowest BCUT2D eigenvalue weighted by Crippen LogP contribution is -2.27. The smallest absolute Gasteiger partial charge is 0.238 e. The van der Waals surface area contributed by atoms with E-state index < -0.39 is 10.0 Å². The molecule has 0 aliphatic carbocycles. The molecule has 0 aliphatic rings. The van der Waals surface area contributed by atoms with Crippen LogP contribution in [-0.4, -0.2) is 29.6 Å². The average molecular weight is 404 g/mol. The van der Waals surface area contributed by atoms with E-state index in [0.29, 0.717) is 10.6 Å². The van der Waals surface area contributed by atoms with Gasteiger partial charge >= 0.3 is 0 Å². The number of hydrogen-bond donors (Lipinski definition) is 0. The minimum Gasteiger partial charge on any atom is -0.238 e. The minimum atomic E-state index is -3.67. The molecule has 2 aromatic carbocycles. The fourth-order valence-corrected chi connectivity index (χ4v) is 4.67. The van der Waals surface area contributed by atoms with Gasteiger partial charge in [0.15, 0.2) is 0 Å². The fourth-order valence-electron chi connectivity index (χ4n) is 3.05.